The summed E-state index contributed by atoms with van der Waals surface area (Å²) >= 11 is 0. The van der Waals surface area contributed by atoms with Crippen LogP contribution in [0.4, 0.5) is 0 Å². The molecule has 2 aliphatic heterocycles. The highest BCUT2D eigenvalue weighted by molar-refractivity contribution is 5.80. The lowest BCUT2D eigenvalue weighted by atomic mass is 10.0. The van der Waals surface area contributed by atoms with Crippen molar-refractivity contribution in [1.82, 2.24) is 20.4 Å². The van der Waals surface area contributed by atoms with Crippen LogP contribution in [0.2, 0.25) is 0 Å². The predicted molar refractivity (Wildman–Crippen MR) is 96.2 cm³/mol. The van der Waals surface area contributed by atoms with Gasteiger partial charge in [-0.15, -0.1) is 0 Å². The minimum absolute atomic E-state index is 0.0429. The van der Waals surface area contributed by atoms with Gasteiger partial charge in [-0.2, -0.15) is 0 Å². The van der Waals surface area contributed by atoms with E-state index in [1.807, 2.05) is 11.8 Å². The summed E-state index contributed by atoms with van der Waals surface area (Å²) in [7, 11) is 1.79. The first-order valence-electron chi connectivity index (χ1n) is 9.04. The number of nitrogens with one attached hydrogen (secondary N) is 2. The van der Waals surface area contributed by atoms with E-state index in [-0.39, 0.29) is 17.5 Å². The molecule has 0 aromatic heterocycles. The first-order valence-corrected chi connectivity index (χ1v) is 9.04. The molecule has 138 valence electrons. The van der Waals surface area contributed by atoms with Gasteiger partial charge >= 0.3 is 0 Å². The largest absolute Gasteiger partial charge is 0.379 e. The van der Waals surface area contributed by atoms with Gasteiger partial charge < -0.3 is 20.3 Å². The van der Waals surface area contributed by atoms with Crippen LogP contribution < -0.4 is 10.6 Å². The molecule has 0 aromatic rings. The maximum absolute atomic E-state index is 11.8. The highest BCUT2D eigenvalue weighted by Gasteiger charge is 2.29. The number of rotatable bonds is 5. The summed E-state index contributed by atoms with van der Waals surface area (Å²) in [6.45, 7) is 12.4. The van der Waals surface area contributed by atoms with Gasteiger partial charge in [-0.3, -0.25) is 14.7 Å². The molecular weight excluding hydrogens is 306 g/mol. The Kier molecular flexibility index (Phi) is 6.86. The average Bonchev–Trinajstić information content (AvgIpc) is 3.07. The van der Waals surface area contributed by atoms with Gasteiger partial charge in [0, 0.05) is 57.8 Å². The van der Waals surface area contributed by atoms with Gasteiger partial charge in [0.05, 0.1) is 13.2 Å². The number of ether oxygens (including phenoxy) is 1. The predicted octanol–water partition coefficient (Wildman–Crippen LogP) is 0.273. The lowest BCUT2D eigenvalue weighted by Gasteiger charge is -2.41. The Morgan fingerprint density at radius 1 is 1.29 bits per heavy atom. The molecule has 7 nitrogen and oxygen atoms in total. The number of carbonyl (C=O) groups excluding carboxylic acids is 1. The second-order valence-corrected chi connectivity index (χ2v) is 7.16. The Labute approximate surface area is 145 Å². The van der Waals surface area contributed by atoms with Crippen molar-refractivity contribution in [2.75, 3.05) is 53.0 Å². The van der Waals surface area contributed by atoms with Crippen molar-refractivity contribution in [3.63, 3.8) is 0 Å². The maximum Gasteiger partial charge on any atom is 0.222 e. The average molecular weight is 339 g/mol. The van der Waals surface area contributed by atoms with Crippen LogP contribution in [0.3, 0.4) is 0 Å². The first kappa shape index (κ1) is 19.0. The zero-order valence-corrected chi connectivity index (χ0v) is 15.6. The fourth-order valence-electron chi connectivity index (χ4n) is 3.30. The van der Waals surface area contributed by atoms with Crippen LogP contribution in [0.5, 0.6) is 0 Å². The van der Waals surface area contributed by atoms with Gasteiger partial charge in [0.25, 0.3) is 0 Å². The summed E-state index contributed by atoms with van der Waals surface area (Å²) in [5.74, 6) is 1.04. The van der Waals surface area contributed by atoms with Crippen LogP contribution in [-0.4, -0.2) is 86.2 Å². The molecule has 1 unspecified atom stereocenters. The molecule has 0 radical (unpaired) electrons. The van der Waals surface area contributed by atoms with Crippen molar-refractivity contribution in [3.8, 4) is 0 Å². The Morgan fingerprint density at radius 3 is 2.62 bits per heavy atom. The molecular formula is C17H33N5O2. The van der Waals surface area contributed by atoms with Crippen LogP contribution in [0.25, 0.3) is 0 Å². The number of hydrogen-bond donors (Lipinski definition) is 2. The van der Waals surface area contributed by atoms with Gasteiger partial charge in [-0.1, -0.05) is 6.92 Å². The molecule has 7 heteroatoms. The number of hydrogen-bond acceptors (Lipinski definition) is 4. The summed E-state index contributed by atoms with van der Waals surface area (Å²) in [4.78, 5) is 20.5. The van der Waals surface area contributed by atoms with Crippen molar-refractivity contribution in [1.29, 1.82) is 0 Å². The smallest absolute Gasteiger partial charge is 0.222 e. The SMILES string of the molecule is CCC(=O)N1CCC(NC(=NC)NCC(C)(C)N2CCOCC2)C1. The van der Waals surface area contributed by atoms with Crippen LogP contribution >= 0.6 is 0 Å². The number of nitrogens with zero attached hydrogens (tertiary/aromatic N) is 3. The van der Waals surface area contributed by atoms with E-state index in [1.165, 1.54) is 0 Å². The molecule has 0 aliphatic carbocycles. The Bertz CT molecular complexity index is 446. The summed E-state index contributed by atoms with van der Waals surface area (Å²) in [5.41, 5.74) is 0.0429. The lowest BCUT2D eigenvalue weighted by Crippen LogP contribution is -2.57. The monoisotopic (exact) mass is 339 g/mol. The number of morpholine rings is 1. The van der Waals surface area contributed by atoms with E-state index in [1.54, 1.807) is 7.05 Å². The van der Waals surface area contributed by atoms with E-state index in [9.17, 15) is 4.79 Å². The molecule has 24 heavy (non-hydrogen) atoms. The van der Waals surface area contributed by atoms with E-state index in [0.29, 0.717) is 6.42 Å². The molecule has 2 rings (SSSR count). The summed E-state index contributed by atoms with van der Waals surface area (Å²) in [6, 6.07) is 0.276. The highest BCUT2D eigenvalue weighted by atomic mass is 16.5. The molecule has 1 atom stereocenters. The van der Waals surface area contributed by atoms with Gasteiger partial charge in [-0.25, -0.2) is 0 Å². The molecule has 2 heterocycles. The fraction of sp³-hybridized carbons (Fsp3) is 0.882. The Morgan fingerprint density at radius 2 is 2.00 bits per heavy atom. The van der Waals surface area contributed by atoms with Gasteiger partial charge in [-0.05, 0) is 20.3 Å². The molecule has 0 saturated carbocycles. The topological polar surface area (TPSA) is 69.2 Å². The quantitative estimate of drug-likeness (QED) is 0.556. The van der Waals surface area contributed by atoms with Crippen LogP contribution in [-0.2, 0) is 9.53 Å². The van der Waals surface area contributed by atoms with Crippen molar-refractivity contribution in [3.05, 3.63) is 0 Å². The van der Waals surface area contributed by atoms with Gasteiger partial charge in [0.1, 0.15) is 0 Å². The summed E-state index contributed by atoms with van der Waals surface area (Å²) in [6.07, 6.45) is 1.55. The van der Waals surface area contributed by atoms with E-state index in [4.69, 9.17) is 4.74 Å². The van der Waals surface area contributed by atoms with Crippen molar-refractivity contribution in [2.24, 2.45) is 4.99 Å². The molecule has 0 bridgehead atoms. The Balaban J connectivity index is 1.79. The molecule has 0 spiro atoms. The Hall–Kier alpha value is -1.34. The van der Waals surface area contributed by atoms with Crippen molar-refractivity contribution < 1.29 is 9.53 Å². The standard InChI is InChI=1S/C17H33N5O2/c1-5-15(23)21-7-6-14(12-21)20-16(18-4)19-13-17(2,3)22-8-10-24-11-9-22/h14H,5-13H2,1-4H3,(H2,18,19,20). The number of carbonyl (C=O) groups is 1. The molecule has 2 aliphatic rings. The third-order valence-electron chi connectivity index (χ3n) is 4.96. The van der Waals surface area contributed by atoms with Crippen molar-refractivity contribution >= 4 is 11.9 Å². The van der Waals surface area contributed by atoms with Crippen LogP contribution in [0.1, 0.15) is 33.6 Å². The summed E-state index contributed by atoms with van der Waals surface area (Å²) < 4.78 is 5.44. The third-order valence-corrected chi connectivity index (χ3v) is 4.96. The first-order chi connectivity index (χ1) is 11.5. The fourth-order valence-corrected chi connectivity index (χ4v) is 3.30. The minimum atomic E-state index is 0.0429. The molecule has 2 N–H and O–H groups in total. The zero-order valence-electron chi connectivity index (χ0n) is 15.6. The van der Waals surface area contributed by atoms with E-state index >= 15 is 0 Å². The number of aliphatic imine (C=N–C) groups is 1. The minimum Gasteiger partial charge on any atom is -0.379 e. The normalized spacial score (nSPS) is 23.4. The lowest BCUT2D eigenvalue weighted by molar-refractivity contribution is -0.129. The molecule has 2 saturated heterocycles. The van der Waals surface area contributed by atoms with Crippen molar-refractivity contribution in [2.45, 2.75) is 45.2 Å². The van der Waals surface area contributed by atoms with E-state index < -0.39 is 0 Å². The zero-order chi connectivity index (χ0) is 17.6. The molecule has 1 amide bonds. The molecule has 0 aromatic carbocycles. The van der Waals surface area contributed by atoms with Crippen LogP contribution in [0.15, 0.2) is 4.99 Å². The molecule has 2 fully saturated rings. The van der Waals surface area contributed by atoms with Gasteiger partial charge in [0.15, 0.2) is 5.96 Å². The van der Waals surface area contributed by atoms with E-state index in [0.717, 1.165) is 58.3 Å². The second kappa shape index (κ2) is 8.67. The van der Waals surface area contributed by atoms with Gasteiger partial charge in [0.2, 0.25) is 5.91 Å². The second-order valence-electron chi connectivity index (χ2n) is 7.16. The van der Waals surface area contributed by atoms with E-state index in [2.05, 4.69) is 34.4 Å². The third kappa shape index (κ3) is 5.08. The maximum atomic E-state index is 11.8. The highest BCUT2D eigenvalue weighted by Crippen LogP contribution is 2.15. The number of guanidine groups is 1. The summed E-state index contributed by atoms with van der Waals surface area (Å²) in [5, 5.41) is 6.90. The number of amides is 1. The van der Waals surface area contributed by atoms with Crippen LogP contribution in [0, 0.1) is 0 Å². The number of likely N-dealkylation sites (tertiary alicyclic amines) is 1.